The lowest BCUT2D eigenvalue weighted by molar-refractivity contribution is 0.582. The van der Waals surface area contributed by atoms with Gasteiger partial charge in [-0.3, -0.25) is 10.5 Å². The van der Waals surface area contributed by atoms with Crippen LogP contribution in [0.3, 0.4) is 0 Å². The number of nitrogens with one attached hydrogen (secondary N) is 1. The van der Waals surface area contributed by atoms with E-state index in [0.717, 1.165) is 5.69 Å². The molecule has 4 nitrogen and oxygen atoms in total. The maximum atomic E-state index is 5.64. The van der Waals surface area contributed by atoms with Gasteiger partial charge in [0.25, 0.3) is 0 Å². The molecule has 0 fully saturated rings. The van der Waals surface area contributed by atoms with Crippen LogP contribution in [0.1, 0.15) is 27.1 Å². The van der Waals surface area contributed by atoms with Crippen LogP contribution in [-0.2, 0) is 7.05 Å². The number of rotatable bonds is 3. The van der Waals surface area contributed by atoms with E-state index in [9.17, 15) is 0 Å². The Morgan fingerprint density at radius 1 is 1.50 bits per heavy atom. The Bertz CT molecular complexity index is 466. The van der Waals surface area contributed by atoms with Crippen LogP contribution in [-0.4, -0.2) is 9.78 Å². The predicted octanol–water partition coefficient (Wildman–Crippen LogP) is 1.65. The van der Waals surface area contributed by atoms with E-state index in [2.05, 4.69) is 30.4 Å². The summed E-state index contributed by atoms with van der Waals surface area (Å²) in [4.78, 5) is 2.55. The highest BCUT2D eigenvalue weighted by Gasteiger charge is 2.18. The van der Waals surface area contributed by atoms with Gasteiger partial charge in [-0.2, -0.15) is 5.10 Å². The number of aromatic nitrogens is 2. The van der Waals surface area contributed by atoms with Crippen molar-refractivity contribution in [3.05, 3.63) is 39.3 Å². The van der Waals surface area contributed by atoms with Crippen LogP contribution in [0.5, 0.6) is 0 Å². The van der Waals surface area contributed by atoms with Crippen LogP contribution in [0, 0.1) is 13.8 Å². The number of aryl methyl sites for hydroxylation is 3. The highest BCUT2D eigenvalue weighted by atomic mass is 32.1. The Balaban J connectivity index is 2.40. The molecule has 0 aliphatic carbocycles. The quantitative estimate of drug-likeness (QED) is 0.629. The van der Waals surface area contributed by atoms with Crippen molar-refractivity contribution in [1.29, 1.82) is 0 Å². The maximum Gasteiger partial charge on any atom is 0.0970 e. The van der Waals surface area contributed by atoms with E-state index in [1.165, 1.54) is 15.3 Å². The summed E-state index contributed by atoms with van der Waals surface area (Å²) in [5, 5.41) is 4.17. The molecule has 0 spiro atoms. The molecule has 0 aromatic carbocycles. The summed E-state index contributed by atoms with van der Waals surface area (Å²) >= 11 is 1.77. The molecule has 0 amide bonds. The highest BCUT2D eigenvalue weighted by Crippen LogP contribution is 2.29. The Labute approximate surface area is 99.1 Å². The van der Waals surface area contributed by atoms with Gasteiger partial charge in [0.1, 0.15) is 0 Å². The zero-order valence-corrected chi connectivity index (χ0v) is 10.5. The summed E-state index contributed by atoms with van der Waals surface area (Å²) in [6, 6.07) is 4.18. The second kappa shape index (κ2) is 4.37. The van der Waals surface area contributed by atoms with E-state index in [-0.39, 0.29) is 6.04 Å². The fraction of sp³-hybridized carbons (Fsp3) is 0.364. The molecular weight excluding hydrogens is 220 g/mol. The predicted molar refractivity (Wildman–Crippen MR) is 66.2 cm³/mol. The molecule has 86 valence electrons. The fourth-order valence-electron chi connectivity index (χ4n) is 1.72. The number of nitrogens with zero attached hydrogens (tertiary/aromatic N) is 2. The first-order valence-corrected chi connectivity index (χ1v) is 5.96. The van der Waals surface area contributed by atoms with Crippen molar-refractivity contribution in [3.63, 3.8) is 0 Å². The van der Waals surface area contributed by atoms with Gasteiger partial charge in [0, 0.05) is 23.0 Å². The third-order valence-corrected chi connectivity index (χ3v) is 4.01. The SMILES string of the molecule is Cc1cc(C(NN)c2ccnn2C)sc1C. The average Bonchev–Trinajstić information content (AvgIpc) is 2.78. The van der Waals surface area contributed by atoms with Crippen molar-refractivity contribution in [3.8, 4) is 0 Å². The molecule has 0 saturated carbocycles. The van der Waals surface area contributed by atoms with E-state index in [1.807, 2.05) is 17.8 Å². The Hall–Kier alpha value is -1.17. The number of hydrogen-bond acceptors (Lipinski definition) is 4. The summed E-state index contributed by atoms with van der Waals surface area (Å²) in [5.74, 6) is 5.64. The zero-order chi connectivity index (χ0) is 11.7. The van der Waals surface area contributed by atoms with E-state index in [0.29, 0.717) is 0 Å². The lowest BCUT2D eigenvalue weighted by atomic mass is 10.1. The largest absolute Gasteiger partial charge is 0.271 e. The normalized spacial score (nSPS) is 13.0. The van der Waals surface area contributed by atoms with Gasteiger partial charge in [0.15, 0.2) is 0 Å². The second-order valence-corrected chi connectivity index (χ2v) is 5.16. The first kappa shape index (κ1) is 11.3. The lowest BCUT2D eigenvalue weighted by Crippen LogP contribution is -2.29. The van der Waals surface area contributed by atoms with Crippen molar-refractivity contribution in [2.45, 2.75) is 19.9 Å². The molecular formula is C11H16N4S. The van der Waals surface area contributed by atoms with Gasteiger partial charge in [-0.25, -0.2) is 5.43 Å². The van der Waals surface area contributed by atoms with Crippen LogP contribution in [0.4, 0.5) is 0 Å². The topological polar surface area (TPSA) is 55.9 Å². The van der Waals surface area contributed by atoms with Crippen LogP contribution < -0.4 is 11.3 Å². The van der Waals surface area contributed by atoms with Crippen molar-refractivity contribution in [2.24, 2.45) is 12.9 Å². The zero-order valence-electron chi connectivity index (χ0n) is 9.69. The van der Waals surface area contributed by atoms with Crippen LogP contribution in [0.2, 0.25) is 0 Å². The summed E-state index contributed by atoms with van der Waals surface area (Å²) < 4.78 is 1.84. The molecule has 2 rings (SSSR count). The van der Waals surface area contributed by atoms with Crippen LogP contribution in [0.15, 0.2) is 18.3 Å². The molecule has 0 aliphatic heterocycles. The summed E-state index contributed by atoms with van der Waals surface area (Å²) in [5.41, 5.74) is 5.23. The number of hydrogen-bond donors (Lipinski definition) is 2. The molecule has 2 heterocycles. The first-order chi connectivity index (χ1) is 7.63. The van der Waals surface area contributed by atoms with Gasteiger partial charge < -0.3 is 0 Å². The average molecular weight is 236 g/mol. The van der Waals surface area contributed by atoms with Gasteiger partial charge in [-0.15, -0.1) is 11.3 Å². The van der Waals surface area contributed by atoms with E-state index < -0.39 is 0 Å². The molecule has 2 aromatic rings. The number of nitrogens with two attached hydrogens (primary N) is 1. The fourth-order valence-corrected chi connectivity index (χ4v) is 2.84. The molecule has 1 unspecified atom stereocenters. The minimum atomic E-state index is 0.0184. The van der Waals surface area contributed by atoms with E-state index in [1.54, 1.807) is 17.5 Å². The third kappa shape index (κ3) is 1.89. The minimum Gasteiger partial charge on any atom is -0.271 e. The van der Waals surface area contributed by atoms with Crippen molar-refractivity contribution < 1.29 is 0 Å². The number of thiophene rings is 1. The maximum absolute atomic E-state index is 5.64. The molecule has 3 N–H and O–H groups in total. The molecule has 0 bridgehead atoms. The molecule has 16 heavy (non-hydrogen) atoms. The summed E-state index contributed by atoms with van der Waals surface area (Å²) in [6.07, 6.45) is 1.78. The lowest BCUT2D eigenvalue weighted by Gasteiger charge is -2.14. The summed E-state index contributed by atoms with van der Waals surface area (Å²) in [6.45, 7) is 4.24. The number of hydrazine groups is 1. The second-order valence-electron chi connectivity index (χ2n) is 3.87. The third-order valence-electron chi connectivity index (χ3n) is 2.79. The van der Waals surface area contributed by atoms with Gasteiger partial charge in [-0.1, -0.05) is 0 Å². The molecule has 2 aromatic heterocycles. The minimum absolute atomic E-state index is 0.0184. The van der Waals surface area contributed by atoms with Gasteiger partial charge in [0.05, 0.1) is 11.7 Å². The summed E-state index contributed by atoms with van der Waals surface area (Å²) in [7, 11) is 1.92. The Morgan fingerprint density at radius 2 is 2.25 bits per heavy atom. The van der Waals surface area contributed by atoms with Gasteiger partial charge >= 0.3 is 0 Å². The van der Waals surface area contributed by atoms with E-state index >= 15 is 0 Å². The highest BCUT2D eigenvalue weighted by molar-refractivity contribution is 7.12. The standard InChI is InChI=1S/C11H16N4S/c1-7-6-10(16-8(7)2)11(14-12)9-4-5-13-15(9)3/h4-6,11,14H,12H2,1-3H3. The molecule has 0 radical (unpaired) electrons. The van der Waals surface area contributed by atoms with E-state index in [4.69, 9.17) is 5.84 Å². The first-order valence-electron chi connectivity index (χ1n) is 5.14. The van der Waals surface area contributed by atoms with Crippen molar-refractivity contribution in [1.82, 2.24) is 15.2 Å². The smallest absolute Gasteiger partial charge is 0.0970 e. The molecule has 1 atom stereocenters. The Kier molecular flexibility index (Phi) is 3.09. The van der Waals surface area contributed by atoms with Crippen molar-refractivity contribution in [2.75, 3.05) is 0 Å². The molecule has 0 saturated heterocycles. The molecule has 5 heteroatoms. The monoisotopic (exact) mass is 236 g/mol. The van der Waals surface area contributed by atoms with Gasteiger partial charge in [-0.05, 0) is 31.5 Å². The van der Waals surface area contributed by atoms with Crippen LogP contribution >= 0.6 is 11.3 Å². The molecule has 0 aliphatic rings. The Morgan fingerprint density at radius 3 is 2.69 bits per heavy atom. The van der Waals surface area contributed by atoms with Gasteiger partial charge in [0.2, 0.25) is 0 Å². The van der Waals surface area contributed by atoms with Crippen LogP contribution in [0.25, 0.3) is 0 Å². The van der Waals surface area contributed by atoms with Crippen molar-refractivity contribution >= 4 is 11.3 Å².